The van der Waals surface area contributed by atoms with Crippen molar-refractivity contribution in [3.8, 4) is 12.5 Å². The lowest BCUT2D eigenvalue weighted by atomic mass is 9.95. The summed E-state index contributed by atoms with van der Waals surface area (Å²) >= 11 is 0. The van der Waals surface area contributed by atoms with Gasteiger partial charge in [0.15, 0.2) is 0 Å². The largest absolute Gasteiger partial charge is 0.458 e. The Morgan fingerprint density at radius 3 is 2.02 bits per heavy atom. The molecule has 0 saturated heterocycles. The molecule has 0 bridgehead atoms. The zero-order valence-electron chi connectivity index (χ0n) is 27.9. The second-order valence-electron chi connectivity index (χ2n) is 13.1. The first-order chi connectivity index (χ1) is 21.3. The molecule has 46 heavy (non-hydrogen) atoms. The molecule has 248 valence electrons. The Bertz CT molecular complexity index is 1450. The Hall–Kier alpha value is -4.85. The molecule has 2 rings (SSSR count). The number of esters is 1. The van der Waals surface area contributed by atoms with Crippen LogP contribution in [0.25, 0.3) is 0 Å². The van der Waals surface area contributed by atoms with Gasteiger partial charge in [-0.3, -0.25) is 19.3 Å². The van der Waals surface area contributed by atoms with Crippen LogP contribution in [0.15, 0.2) is 48.5 Å². The first kappa shape index (κ1) is 37.3. The van der Waals surface area contributed by atoms with E-state index in [1.807, 2.05) is 43.3 Å². The van der Waals surface area contributed by atoms with E-state index in [4.69, 9.17) is 21.6 Å². The van der Waals surface area contributed by atoms with Crippen LogP contribution in [0.1, 0.15) is 82.7 Å². The number of nitrogens with zero attached hydrogens (tertiary/aromatic N) is 1. The molecule has 3 atom stereocenters. The van der Waals surface area contributed by atoms with Crippen molar-refractivity contribution in [3.05, 3.63) is 70.8 Å². The Balaban J connectivity index is 2.60. The monoisotopic (exact) mass is 634 g/mol. The van der Waals surface area contributed by atoms with Crippen molar-refractivity contribution in [2.45, 2.75) is 104 Å². The average Bonchev–Trinajstić information content (AvgIpc) is 2.92. The third kappa shape index (κ3) is 11.9. The fraction of sp³-hybridized carbons (Fsp3) is 0.457. The van der Waals surface area contributed by atoms with Crippen LogP contribution < -0.4 is 16.4 Å². The molecule has 0 aliphatic heterocycles. The van der Waals surface area contributed by atoms with Crippen molar-refractivity contribution in [2.24, 2.45) is 5.73 Å². The first-order valence-electron chi connectivity index (χ1n) is 15.0. The number of carbonyl (C=O) groups excluding carboxylic acids is 5. The minimum atomic E-state index is -1.43. The maximum absolute atomic E-state index is 14.3. The number of hydrogen-bond acceptors (Lipinski definition) is 7. The number of nitrogens with two attached hydrogens (primary N) is 1. The van der Waals surface area contributed by atoms with Crippen LogP contribution in [0.3, 0.4) is 0 Å². The number of primary amides is 1. The Morgan fingerprint density at radius 1 is 0.891 bits per heavy atom. The molecule has 0 fully saturated rings. The molecule has 11 heteroatoms. The summed E-state index contributed by atoms with van der Waals surface area (Å²) in [4.78, 5) is 66.9. The highest BCUT2D eigenvalue weighted by molar-refractivity contribution is 5.95. The second-order valence-corrected chi connectivity index (χ2v) is 13.1. The Kier molecular flexibility index (Phi) is 12.9. The maximum Gasteiger partial charge on any atom is 0.408 e. The molecule has 3 unspecified atom stereocenters. The van der Waals surface area contributed by atoms with Crippen LogP contribution in [-0.2, 0) is 35.1 Å². The van der Waals surface area contributed by atoms with E-state index in [2.05, 4.69) is 16.7 Å². The topological polar surface area (TPSA) is 157 Å². The average molecular weight is 635 g/mol. The van der Waals surface area contributed by atoms with Gasteiger partial charge in [-0.25, -0.2) is 9.59 Å². The number of carbonyl (C=O) groups is 5. The summed E-state index contributed by atoms with van der Waals surface area (Å²) < 4.78 is 10.9. The molecule has 2 aromatic rings. The van der Waals surface area contributed by atoms with Gasteiger partial charge in [-0.1, -0.05) is 60.5 Å². The highest BCUT2D eigenvalue weighted by Gasteiger charge is 2.38. The van der Waals surface area contributed by atoms with E-state index in [0.29, 0.717) is 11.1 Å². The number of rotatable bonds is 12. The van der Waals surface area contributed by atoms with Crippen LogP contribution in [-0.4, -0.2) is 58.0 Å². The third-order valence-electron chi connectivity index (χ3n) is 6.56. The minimum absolute atomic E-state index is 0.104. The molecule has 0 aliphatic rings. The zero-order chi connectivity index (χ0) is 34.8. The molecular formula is C35H46N4O7. The summed E-state index contributed by atoms with van der Waals surface area (Å²) in [5.74, 6) is -2.99. The standard InChI is InChI=1S/C35H46N4O7/c1-10-39(31(42)26(18-19-28(36)40)38-33(44)46-35(7,8)9)29(25-17-16-22(2)20-23(25)3)30(41)37-27(32(43)45-34(4,5)6)21-24-14-12-11-13-15-24/h1,11-17,20,26-27,29H,18-19,21H2,2-9H3,(H2,36,40)(H,37,41)(H,38,44). The van der Waals surface area contributed by atoms with Gasteiger partial charge in [-0.2, -0.15) is 0 Å². The normalized spacial score (nSPS) is 13.3. The summed E-state index contributed by atoms with van der Waals surface area (Å²) in [5, 5.41) is 5.24. The van der Waals surface area contributed by atoms with Crippen molar-refractivity contribution in [3.63, 3.8) is 0 Å². The summed E-state index contributed by atoms with van der Waals surface area (Å²) in [5.41, 5.74) is 6.33. The van der Waals surface area contributed by atoms with Crippen molar-refractivity contribution in [1.82, 2.24) is 15.5 Å². The molecule has 0 saturated carbocycles. The van der Waals surface area contributed by atoms with Gasteiger partial charge in [-0.05, 0) is 78.5 Å². The predicted molar refractivity (Wildman–Crippen MR) is 174 cm³/mol. The number of hydrogen-bond donors (Lipinski definition) is 3. The highest BCUT2D eigenvalue weighted by atomic mass is 16.6. The first-order valence-corrected chi connectivity index (χ1v) is 15.0. The number of alkyl carbamates (subject to hydrolysis) is 1. The fourth-order valence-corrected chi connectivity index (χ4v) is 4.62. The zero-order valence-corrected chi connectivity index (χ0v) is 27.9. The molecule has 2 aromatic carbocycles. The number of nitrogens with one attached hydrogen (secondary N) is 2. The molecule has 0 heterocycles. The van der Waals surface area contributed by atoms with Crippen molar-refractivity contribution in [2.75, 3.05) is 0 Å². The number of amides is 4. The number of ether oxygens (including phenoxy) is 2. The van der Waals surface area contributed by atoms with E-state index < -0.39 is 59.1 Å². The molecule has 0 aliphatic carbocycles. The quantitative estimate of drug-likeness (QED) is 0.181. The molecule has 11 nitrogen and oxygen atoms in total. The highest BCUT2D eigenvalue weighted by Crippen LogP contribution is 2.27. The summed E-state index contributed by atoms with van der Waals surface area (Å²) in [7, 11) is 0. The van der Waals surface area contributed by atoms with Crippen LogP contribution in [0, 0.1) is 26.3 Å². The van der Waals surface area contributed by atoms with Gasteiger partial charge >= 0.3 is 12.1 Å². The van der Waals surface area contributed by atoms with E-state index in [1.165, 1.54) is 0 Å². The third-order valence-corrected chi connectivity index (χ3v) is 6.56. The Morgan fingerprint density at radius 2 is 1.50 bits per heavy atom. The lowest BCUT2D eigenvalue weighted by molar-refractivity contribution is -0.159. The fourth-order valence-electron chi connectivity index (χ4n) is 4.62. The van der Waals surface area contributed by atoms with Crippen molar-refractivity contribution in [1.29, 1.82) is 0 Å². The molecular weight excluding hydrogens is 588 g/mol. The maximum atomic E-state index is 14.3. The van der Waals surface area contributed by atoms with E-state index in [0.717, 1.165) is 16.0 Å². The van der Waals surface area contributed by atoms with Gasteiger partial charge in [0.2, 0.25) is 11.8 Å². The summed E-state index contributed by atoms with van der Waals surface area (Å²) in [6.07, 6.45) is 4.61. The minimum Gasteiger partial charge on any atom is -0.458 e. The van der Waals surface area contributed by atoms with Gasteiger partial charge < -0.3 is 25.8 Å². The molecule has 0 aromatic heterocycles. The van der Waals surface area contributed by atoms with Crippen molar-refractivity contribution >= 4 is 29.8 Å². The van der Waals surface area contributed by atoms with Gasteiger partial charge in [-0.15, -0.1) is 0 Å². The molecule has 4 N–H and O–H groups in total. The predicted octanol–water partition coefficient (Wildman–Crippen LogP) is 3.99. The van der Waals surface area contributed by atoms with Crippen LogP contribution in [0.4, 0.5) is 4.79 Å². The molecule has 4 amide bonds. The molecule has 0 radical (unpaired) electrons. The molecule has 0 spiro atoms. The lowest BCUT2D eigenvalue weighted by Gasteiger charge is -2.32. The second kappa shape index (κ2) is 15.9. The number of benzene rings is 2. The van der Waals surface area contributed by atoms with Crippen molar-refractivity contribution < 1.29 is 33.4 Å². The Labute approximate surface area is 271 Å². The lowest BCUT2D eigenvalue weighted by Crippen LogP contribution is -2.54. The smallest absolute Gasteiger partial charge is 0.408 e. The van der Waals surface area contributed by atoms with Gasteiger partial charge in [0, 0.05) is 18.9 Å². The van der Waals surface area contributed by atoms with E-state index in [9.17, 15) is 24.0 Å². The van der Waals surface area contributed by atoms with E-state index in [-0.39, 0.29) is 19.3 Å². The van der Waals surface area contributed by atoms with E-state index >= 15 is 0 Å². The van der Waals surface area contributed by atoms with E-state index in [1.54, 1.807) is 60.6 Å². The summed E-state index contributed by atoms with van der Waals surface area (Å²) in [6, 6.07) is 12.7. The summed E-state index contributed by atoms with van der Waals surface area (Å²) in [6.45, 7) is 13.7. The van der Waals surface area contributed by atoms with Crippen LogP contribution in [0.5, 0.6) is 0 Å². The number of terminal acetylenes is 1. The van der Waals surface area contributed by atoms with Gasteiger partial charge in [0.1, 0.15) is 29.3 Å². The number of aryl methyl sites for hydroxylation is 2. The van der Waals surface area contributed by atoms with Crippen LogP contribution in [0.2, 0.25) is 0 Å². The van der Waals surface area contributed by atoms with Gasteiger partial charge in [0.25, 0.3) is 5.91 Å². The van der Waals surface area contributed by atoms with Gasteiger partial charge in [0.05, 0.1) is 0 Å². The SMILES string of the molecule is C#CN(C(=O)C(CCC(N)=O)NC(=O)OC(C)(C)C)C(C(=O)NC(Cc1ccccc1)C(=O)OC(C)(C)C)c1ccc(C)cc1C. The van der Waals surface area contributed by atoms with Crippen LogP contribution >= 0.6 is 0 Å².